The first kappa shape index (κ1) is 22.7. The lowest BCUT2D eigenvalue weighted by Crippen LogP contribution is -2.05. The summed E-state index contributed by atoms with van der Waals surface area (Å²) in [7, 11) is 0. The van der Waals surface area contributed by atoms with E-state index in [0.717, 1.165) is 29.3 Å². The molecule has 0 aliphatic heterocycles. The molecule has 0 aliphatic carbocycles. The molecule has 2 aromatic carbocycles. The summed E-state index contributed by atoms with van der Waals surface area (Å²) in [6.07, 6.45) is 13.2. The van der Waals surface area contributed by atoms with Gasteiger partial charge in [-0.05, 0) is 48.1 Å². The number of hydrogen-bond donors (Lipinski definition) is 1. The van der Waals surface area contributed by atoms with Crippen molar-refractivity contribution in [3.05, 3.63) is 69.8 Å². The van der Waals surface area contributed by atoms with Crippen LogP contribution in [0.1, 0.15) is 69.9 Å². The third-order valence-corrected chi connectivity index (χ3v) is 5.26. The van der Waals surface area contributed by atoms with Crippen LogP contribution in [0.4, 0.5) is 11.4 Å². The molecule has 156 valence electrons. The smallest absolute Gasteiger partial charge is 0.269 e. The number of unbranched alkanes of at least 4 members (excludes halogenated alkanes) is 3. The fourth-order valence-electron chi connectivity index (χ4n) is 3.43. The maximum Gasteiger partial charge on any atom is 0.269 e. The van der Waals surface area contributed by atoms with E-state index in [-0.39, 0.29) is 10.6 Å². The number of anilines is 1. The first-order valence-electron chi connectivity index (χ1n) is 10.9. The summed E-state index contributed by atoms with van der Waals surface area (Å²) < 4.78 is 0. The maximum atomic E-state index is 10.8. The van der Waals surface area contributed by atoms with E-state index in [4.69, 9.17) is 0 Å². The van der Waals surface area contributed by atoms with E-state index in [1.165, 1.54) is 57.1 Å². The van der Waals surface area contributed by atoms with Crippen molar-refractivity contribution in [1.82, 2.24) is 0 Å². The maximum absolute atomic E-state index is 10.8. The lowest BCUT2D eigenvalue weighted by Gasteiger charge is -2.13. The highest BCUT2D eigenvalue weighted by atomic mass is 16.6. The molecule has 0 saturated carbocycles. The molecule has 0 aliphatic rings. The van der Waals surface area contributed by atoms with E-state index in [0.29, 0.717) is 0 Å². The number of nitrogens with zero attached hydrogens (tertiary/aromatic N) is 1. The van der Waals surface area contributed by atoms with Gasteiger partial charge in [0.1, 0.15) is 0 Å². The van der Waals surface area contributed by atoms with Crippen molar-refractivity contribution < 1.29 is 4.92 Å². The monoisotopic (exact) mass is 394 g/mol. The topological polar surface area (TPSA) is 55.2 Å². The molecule has 1 atom stereocenters. The number of non-ortho nitro benzene ring substituents is 1. The van der Waals surface area contributed by atoms with Gasteiger partial charge in [-0.3, -0.25) is 10.1 Å². The van der Waals surface area contributed by atoms with Gasteiger partial charge in [0, 0.05) is 24.4 Å². The van der Waals surface area contributed by atoms with Crippen molar-refractivity contribution >= 4 is 23.5 Å². The second-order valence-electron chi connectivity index (χ2n) is 7.79. The minimum absolute atomic E-state index is 0.115. The molecule has 0 saturated heterocycles. The van der Waals surface area contributed by atoms with Crippen LogP contribution in [-0.2, 0) is 0 Å². The van der Waals surface area contributed by atoms with Crippen molar-refractivity contribution in [2.75, 3.05) is 11.9 Å². The van der Waals surface area contributed by atoms with Crippen molar-refractivity contribution in [1.29, 1.82) is 0 Å². The fourth-order valence-corrected chi connectivity index (χ4v) is 3.43. The molecule has 1 N–H and O–H groups in total. The zero-order chi connectivity index (χ0) is 20.9. The fraction of sp³-hybridized carbons (Fsp3) is 0.440. The number of nitro groups is 1. The number of para-hydroxylation sites is 1. The molecular formula is C25H34N2O2. The quantitative estimate of drug-likeness (QED) is 0.165. The molecule has 2 rings (SSSR count). The predicted molar refractivity (Wildman–Crippen MR) is 124 cm³/mol. The van der Waals surface area contributed by atoms with Crippen LogP contribution in [0.25, 0.3) is 12.2 Å². The summed E-state index contributed by atoms with van der Waals surface area (Å²) in [5.74, 6) is 0.797. The van der Waals surface area contributed by atoms with Gasteiger partial charge in [-0.2, -0.15) is 0 Å². The molecule has 0 bridgehead atoms. The Morgan fingerprint density at radius 3 is 2.41 bits per heavy atom. The van der Waals surface area contributed by atoms with Gasteiger partial charge in [-0.25, -0.2) is 0 Å². The number of nitrogens with one attached hydrogen (secondary N) is 1. The highest BCUT2D eigenvalue weighted by molar-refractivity contribution is 5.76. The number of rotatable bonds is 13. The number of hydrogen-bond acceptors (Lipinski definition) is 3. The summed E-state index contributed by atoms with van der Waals surface area (Å²) in [5, 5.41) is 14.3. The average molecular weight is 395 g/mol. The lowest BCUT2D eigenvalue weighted by atomic mass is 9.98. The van der Waals surface area contributed by atoms with Gasteiger partial charge in [0.2, 0.25) is 0 Å². The van der Waals surface area contributed by atoms with Gasteiger partial charge in [0.25, 0.3) is 5.69 Å². The molecule has 0 spiro atoms. The lowest BCUT2D eigenvalue weighted by molar-refractivity contribution is -0.384. The Balaban J connectivity index is 1.81. The minimum atomic E-state index is -0.376. The molecular weight excluding hydrogens is 360 g/mol. The molecule has 0 aromatic heterocycles. The molecule has 0 heterocycles. The summed E-state index contributed by atoms with van der Waals surface area (Å²) in [6.45, 7) is 5.60. The van der Waals surface area contributed by atoms with E-state index in [2.05, 4.69) is 37.4 Å². The molecule has 1 unspecified atom stereocenters. The second-order valence-corrected chi connectivity index (χ2v) is 7.79. The van der Waals surface area contributed by atoms with Crippen LogP contribution in [0.5, 0.6) is 0 Å². The minimum Gasteiger partial charge on any atom is -0.385 e. The van der Waals surface area contributed by atoms with Crippen LogP contribution in [0, 0.1) is 16.0 Å². The summed E-state index contributed by atoms with van der Waals surface area (Å²) in [4.78, 5) is 10.4. The third kappa shape index (κ3) is 8.51. The molecule has 0 radical (unpaired) electrons. The first-order valence-corrected chi connectivity index (χ1v) is 10.9. The molecule has 0 amide bonds. The molecule has 4 heteroatoms. The van der Waals surface area contributed by atoms with Crippen molar-refractivity contribution in [2.45, 2.75) is 58.8 Å². The van der Waals surface area contributed by atoms with E-state index < -0.39 is 0 Å². The van der Waals surface area contributed by atoms with Crippen LogP contribution >= 0.6 is 0 Å². The van der Waals surface area contributed by atoms with Crippen molar-refractivity contribution in [2.24, 2.45) is 5.92 Å². The van der Waals surface area contributed by atoms with E-state index in [9.17, 15) is 10.1 Å². The van der Waals surface area contributed by atoms with Crippen LogP contribution in [0.15, 0.2) is 48.5 Å². The number of benzene rings is 2. The highest BCUT2D eigenvalue weighted by Gasteiger charge is 2.04. The Labute approximate surface area is 175 Å². The second kappa shape index (κ2) is 12.8. The highest BCUT2D eigenvalue weighted by Crippen LogP contribution is 2.20. The van der Waals surface area contributed by atoms with Crippen LogP contribution < -0.4 is 5.32 Å². The Morgan fingerprint density at radius 2 is 1.69 bits per heavy atom. The van der Waals surface area contributed by atoms with Gasteiger partial charge in [0.05, 0.1) is 4.92 Å². The van der Waals surface area contributed by atoms with Gasteiger partial charge < -0.3 is 5.32 Å². The van der Waals surface area contributed by atoms with E-state index in [1.54, 1.807) is 12.1 Å². The Bertz CT molecular complexity index is 769. The van der Waals surface area contributed by atoms with Gasteiger partial charge >= 0.3 is 0 Å². The SMILES string of the molecule is CCCCCCC(C)CCCNc1ccccc1C=Cc1ccc([N+](=O)[O-])cc1. The van der Waals surface area contributed by atoms with Crippen LogP contribution in [0.3, 0.4) is 0 Å². The van der Waals surface area contributed by atoms with Crippen LogP contribution in [0.2, 0.25) is 0 Å². The van der Waals surface area contributed by atoms with Gasteiger partial charge in [0.15, 0.2) is 0 Å². The van der Waals surface area contributed by atoms with Gasteiger partial charge in [-0.1, -0.05) is 76.3 Å². The van der Waals surface area contributed by atoms with E-state index >= 15 is 0 Å². The largest absolute Gasteiger partial charge is 0.385 e. The molecule has 4 nitrogen and oxygen atoms in total. The first-order chi connectivity index (χ1) is 14.1. The predicted octanol–water partition coefficient (Wildman–Crippen LogP) is 7.56. The molecule has 2 aromatic rings. The Hall–Kier alpha value is -2.62. The van der Waals surface area contributed by atoms with Crippen LogP contribution in [-0.4, -0.2) is 11.5 Å². The molecule has 29 heavy (non-hydrogen) atoms. The van der Waals surface area contributed by atoms with E-state index in [1.807, 2.05) is 18.2 Å². The summed E-state index contributed by atoms with van der Waals surface area (Å²) in [5.41, 5.74) is 3.31. The zero-order valence-electron chi connectivity index (χ0n) is 17.8. The third-order valence-electron chi connectivity index (χ3n) is 5.26. The summed E-state index contributed by atoms with van der Waals surface area (Å²) >= 11 is 0. The Morgan fingerprint density at radius 1 is 0.966 bits per heavy atom. The summed E-state index contributed by atoms with van der Waals surface area (Å²) in [6, 6.07) is 14.9. The van der Waals surface area contributed by atoms with Gasteiger partial charge in [-0.15, -0.1) is 0 Å². The number of nitro benzene ring substituents is 1. The molecule has 0 fully saturated rings. The average Bonchev–Trinajstić information content (AvgIpc) is 2.74. The van der Waals surface area contributed by atoms with Crippen molar-refractivity contribution in [3.8, 4) is 0 Å². The van der Waals surface area contributed by atoms with Crippen molar-refractivity contribution in [3.63, 3.8) is 0 Å². The standard InChI is InChI=1S/C25H34N2O2/c1-3-4-5-6-10-21(2)11-9-20-26-25-13-8-7-12-23(25)17-14-22-15-18-24(19-16-22)27(28)29/h7-8,12-19,21,26H,3-6,9-11,20H2,1-2H3. The Kier molecular flexibility index (Phi) is 9.98. The zero-order valence-corrected chi connectivity index (χ0v) is 17.8. The normalized spacial score (nSPS) is 12.2.